The van der Waals surface area contributed by atoms with Crippen LogP contribution in [0.15, 0.2) is 0 Å². The van der Waals surface area contributed by atoms with Gasteiger partial charge in [-0.3, -0.25) is 0 Å². The van der Waals surface area contributed by atoms with E-state index in [-0.39, 0.29) is 0 Å². The van der Waals surface area contributed by atoms with Crippen molar-refractivity contribution in [3.63, 3.8) is 0 Å². The lowest BCUT2D eigenvalue weighted by Gasteiger charge is -2.38. The third-order valence-corrected chi connectivity index (χ3v) is 4.11. The maximum atomic E-state index is 5.60. The van der Waals surface area contributed by atoms with Crippen LogP contribution >= 0.6 is 11.8 Å². The van der Waals surface area contributed by atoms with Crippen LogP contribution in [0, 0.1) is 0 Å². The van der Waals surface area contributed by atoms with Gasteiger partial charge in [-0.05, 0) is 26.9 Å². The minimum atomic E-state index is 0.484. The molecule has 2 unspecified atom stereocenters. The molecule has 1 saturated heterocycles. The number of thioether (sulfide) groups is 1. The summed E-state index contributed by atoms with van der Waals surface area (Å²) in [5, 5.41) is 3.62. The standard InChI is InChI=1S/C12H26N2OS/c1-4-6-13-11(9-15-5-2)12-10-16-8-7-14(12)3/h11-13H,4-10H2,1-3H3. The first kappa shape index (κ1) is 14.3. The SMILES string of the molecule is CCCNC(COCC)C1CSCCN1C. The summed E-state index contributed by atoms with van der Waals surface area (Å²) >= 11 is 2.06. The Morgan fingerprint density at radius 3 is 2.94 bits per heavy atom. The van der Waals surface area contributed by atoms with Gasteiger partial charge in [0.05, 0.1) is 6.61 Å². The molecule has 0 spiro atoms. The van der Waals surface area contributed by atoms with Gasteiger partial charge in [0.1, 0.15) is 0 Å². The zero-order valence-corrected chi connectivity index (χ0v) is 11.7. The van der Waals surface area contributed by atoms with Gasteiger partial charge in [-0.2, -0.15) is 11.8 Å². The normalized spacial score (nSPS) is 24.6. The Labute approximate surface area is 104 Å². The fourth-order valence-corrected chi connectivity index (χ4v) is 3.32. The fourth-order valence-electron chi connectivity index (χ4n) is 2.01. The van der Waals surface area contributed by atoms with Crippen LogP contribution in [0.4, 0.5) is 0 Å². The lowest BCUT2D eigenvalue weighted by Crippen LogP contribution is -2.54. The zero-order chi connectivity index (χ0) is 11.8. The van der Waals surface area contributed by atoms with Crippen LogP contribution in [0.1, 0.15) is 20.3 Å². The molecule has 0 aromatic rings. The molecule has 0 aromatic carbocycles. The summed E-state index contributed by atoms with van der Waals surface area (Å²) in [6, 6.07) is 1.11. The highest BCUT2D eigenvalue weighted by atomic mass is 32.2. The van der Waals surface area contributed by atoms with Crippen molar-refractivity contribution in [3.05, 3.63) is 0 Å². The fraction of sp³-hybridized carbons (Fsp3) is 1.00. The van der Waals surface area contributed by atoms with Gasteiger partial charge >= 0.3 is 0 Å². The molecule has 16 heavy (non-hydrogen) atoms. The van der Waals surface area contributed by atoms with E-state index in [2.05, 4.69) is 42.9 Å². The Balaban J connectivity index is 2.44. The van der Waals surface area contributed by atoms with E-state index in [4.69, 9.17) is 4.74 Å². The van der Waals surface area contributed by atoms with Crippen LogP contribution < -0.4 is 5.32 Å². The third kappa shape index (κ3) is 4.62. The van der Waals surface area contributed by atoms with Crippen molar-refractivity contribution in [1.29, 1.82) is 0 Å². The molecule has 96 valence electrons. The second-order valence-electron chi connectivity index (χ2n) is 4.34. The van der Waals surface area contributed by atoms with E-state index in [9.17, 15) is 0 Å². The highest BCUT2D eigenvalue weighted by Gasteiger charge is 2.27. The van der Waals surface area contributed by atoms with Gasteiger partial charge < -0.3 is 15.0 Å². The summed E-state index contributed by atoms with van der Waals surface area (Å²) in [5.41, 5.74) is 0. The van der Waals surface area contributed by atoms with E-state index in [1.54, 1.807) is 0 Å². The number of hydrogen-bond donors (Lipinski definition) is 1. The summed E-state index contributed by atoms with van der Waals surface area (Å²) in [4.78, 5) is 2.48. The number of likely N-dealkylation sites (N-methyl/N-ethyl adjacent to an activating group) is 1. The van der Waals surface area contributed by atoms with Crippen LogP contribution in [-0.2, 0) is 4.74 Å². The van der Waals surface area contributed by atoms with Crippen LogP contribution in [0.3, 0.4) is 0 Å². The van der Waals surface area contributed by atoms with Gasteiger partial charge in [-0.1, -0.05) is 6.92 Å². The topological polar surface area (TPSA) is 24.5 Å². The molecule has 3 nitrogen and oxygen atoms in total. The average Bonchev–Trinajstić information content (AvgIpc) is 2.31. The largest absolute Gasteiger partial charge is 0.380 e. The smallest absolute Gasteiger partial charge is 0.0635 e. The predicted octanol–water partition coefficient (Wildman–Crippen LogP) is 1.44. The van der Waals surface area contributed by atoms with Crippen LogP contribution in [-0.4, -0.2) is 61.8 Å². The molecule has 1 rings (SSSR count). The number of hydrogen-bond acceptors (Lipinski definition) is 4. The maximum Gasteiger partial charge on any atom is 0.0635 e. The van der Waals surface area contributed by atoms with Crippen molar-refractivity contribution < 1.29 is 4.74 Å². The van der Waals surface area contributed by atoms with E-state index in [0.29, 0.717) is 12.1 Å². The first-order chi connectivity index (χ1) is 7.79. The van der Waals surface area contributed by atoms with Crippen molar-refractivity contribution >= 4 is 11.8 Å². The Bertz CT molecular complexity index is 172. The van der Waals surface area contributed by atoms with Crippen molar-refractivity contribution in [2.45, 2.75) is 32.4 Å². The first-order valence-corrected chi connectivity index (χ1v) is 7.54. The van der Waals surface area contributed by atoms with E-state index in [0.717, 1.165) is 19.8 Å². The monoisotopic (exact) mass is 246 g/mol. The first-order valence-electron chi connectivity index (χ1n) is 6.38. The van der Waals surface area contributed by atoms with E-state index < -0.39 is 0 Å². The molecule has 0 aromatic heterocycles. The van der Waals surface area contributed by atoms with Gasteiger partial charge in [0.15, 0.2) is 0 Å². The summed E-state index contributed by atoms with van der Waals surface area (Å²) in [6.07, 6.45) is 1.19. The molecule has 1 fully saturated rings. The Hall–Kier alpha value is 0.230. The molecule has 1 aliphatic heterocycles. The number of ether oxygens (including phenoxy) is 1. The van der Waals surface area contributed by atoms with Crippen LogP contribution in [0.5, 0.6) is 0 Å². The minimum absolute atomic E-state index is 0.484. The summed E-state index contributed by atoms with van der Waals surface area (Å²) in [5.74, 6) is 2.49. The molecule has 4 heteroatoms. The molecular formula is C12H26N2OS. The summed E-state index contributed by atoms with van der Waals surface area (Å²) in [7, 11) is 2.23. The molecule has 0 saturated carbocycles. The molecule has 1 aliphatic rings. The predicted molar refractivity (Wildman–Crippen MR) is 72.3 cm³/mol. The van der Waals surface area contributed by atoms with Gasteiger partial charge in [-0.25, -0.2) is 0 Å². The molecule has 0 aliphatic carbocycles. The molecule has 0 radical (unpaired) electrons. The molecule has 0 bridgehead atoms. The molecule has 0 amide bonds. The molecule has 1 heterocycles. The second-order valence-corrected chi connectivity index (χ2v) is 5.49. The minimum Gasteiger partial charge on any atom is -0.380 e. The van der Waals surface area contributed by atoms with Crippen molar-refractivity contribution in [2.24, 2.45) is 0 Å². The second kappa shape index (κ2) is 8.34. The third-order valence-electron chi connectivity index (χ3n) is 3.07. The zero-order valence-electron chi connectivity index (χ0n) is 10.9. The van der Waals surface area contributed by atoms with Gasteiger partial charge in [-0.15, -0.1) is 0 Å². The van der Waals surface area contributed by atoms with Gasteiger partial charge in [0, 0.05) is 36.7 Å². The van der Waals surface area contributed by atoms with Gasteiger partial charge in [0.25, 0.3) is 0 Å². The lowest BCUT2D eigenvalue weighted by atomic mass is 10.1. The number of nitrogens with one attached hydrogen (secondary N) is 1. The highest BCUT2D eigenvalue weighted by molar-refractivity contribution is 7.99. The Kier molecular flexibility index (Phi) is 7.45. The number of nitrogens with zero attached hydrogens (tertiary/aromatic N) is 1. The average molecular weight is 246 g/mol. The van der Waals surface area contributed by atoms with E-state index in [1.165, 1.54) is 24.5 Å². The Morgan fingerprint density at radius 1 is 1.50 bits per heavy atom. The maximum absolute atomic E-state index is 5.60. The molecular weight excluding hydrogens is 220 g/mol. The molecule has 2 atom stereocenters. The van der Waals surface area contributed by atoms with Crippen molar-refractivity contribution in [2.75, 3.05) is 44.9 Å². The van der Waals surface area contributed by atoms with Crippen LogP contribution in [0.2, 0.25) is 0 Å². The van der Waals surface area contributed by atoms with Crippen LogP contribution in [0.25, 0.3) is 0 Å². The van der Waals surface area contributed by atoms with E-state index >= 15 is 0 Å². The summed E-state index contributed by atoms with van der Waals surface area (Å²) < 4.78 is 5.60. The summed E-state index contributed by atoms with van der Waals surface area (Å²) in [6.45, 7) is 8.22. The van der Waals surface area contributed by atoms with Crippen molar-refractivity contribution in [3.8, 4) is 0 Å². The Morgan fingerprint density at radius 2 is 2.31 bits per heavy atom. The van der Waals surface area contributed by atoms with Gasteiger partial charge in [0.2, 0.25) is 0 Å². The highest BCUT2D eigenvalue weighted by Crippen LogP contribution is 2.17. The lowest BCUT2D eigenvalue weighted by molar-refractivity contribution is 0.0884. The molecule has 1 N–H and O–H groups in total. The number of rotatable bonds is 7. The van der Waals surface area contributed by atoms with E-state index in [1.807, 2.05) is 0 Å². The van der Waals surface area contributed by atoms with Crippen molar-refractivity contribution in [1.82, 2.24) is 10.2 Å². The quantitative estimate of drug-likeness (QED) is 0.735.